The Morgan fingerprint density at radius 2 is 1.89 bits per heavy atom. The molecule has 4 heteroatoms. The van der Waals surface area contributed by atoms with Gasteiger partial charge < -0.3 is 0 Å². The second kappa shape index (κ2) is 2.77. The van der Waals surface area contributed by atoms with E-state index in [-0.39, 0.29) is 0 Å². The Morgan fingerprint density at radius 3 is 2.00 bits per heavy atom. The van der Waals surface area contributed by atoms with Crippen LogP contribution < -0.4 is 0 Å². The third-order valence-electron chi connectivity index (χ3n) is 0.357. The molecule has 0 aromatic carbocycles. The second-order valence-electron chi connectivity index (χ2n) is 2.52. The van der Waals surface area contributed by atoms with Crippen LogP contribution in [-0.2, 0) is 9.78 Å². The van der Waals surface area contributed by atoms with Gasteiger partial charge in [0.2, 0.25) is 0 Å². The van der Waals surface area contributed by atoms with Crippen LogP contribution in [0.15, 0.2) is 0 Å². The molecular formula is C5H9FO3. The summed E-state index contributed by atoms with van der Waals surface area (Å²) in [6.45, 7) is 4.90. The number of hydrogen-bond acceptors (Lipinski definition) is 3. The third kappa shape index (κ3) is 7.36. The molecule has 0 saturated heterocycles. The summed E-state index contributed by atoms with van der Waals surface area (Å²) in [5.41, 5.74) is -0.651. The quantitative estimate of drug-likeness (QED) is 0.313. The van der Waals surface area contributed by atoms with Gasteiger partial charge in [-0.1, -0.05) is 0 Å². The summed E-state index contributed by atoms with van der Waals surface area (Å²) in [7, 11) is 0. The number of carbonyl (C=O) groups excluding carboxylic acids is 1. The summed E-state index contributed by atoms with van der Waals surface area (Å²) >= 11 is 0. The van der Waals surface area contributed by atoms with Crippen molar-refractivity contribution in [2.75, 3.05) is 0 Å². The van der Waals surface area contributed by atoms with E-state index >= 15 is 0 Å². The Hall–Kier alpha value is -0.640. The van der Waals surface area contributed by atoms with Crippen LogP contribution in [0.5, 0.6) is 0 Å². The molecule has 3 nitrogen and oxygen atoms in total. The molecule has 0 aliphatic carbocycles. The van der Waals surface area contributed by atoms with Gasteiger partial charge in [0.05, 0.1) is 0 Å². The maximum absolute atomic E-state index is 11.2. The Kier molecular flexibility index (Phi) is 2.58. The SMILES string of the molecule is CC(C)(C)OOC(=O)F. The second-order valence-corrected chi connectivity index (χ2v) is 2.52. The van der Waals surface area contributed by atoms with E-state index in [0.29, 0.717) is 0 Å². The highest BCUT2D eigenvalue weighted by Crippen LogP contribution is 2.07. The van der Waals surface area contributed by atoms with Gasteiger partial charge in [-0.25, -0.2) is 4.79 Å². The smallest absolute Gasteiger partial charge is 0.265 e. The van der Waals surface area contributed by atoms with E-state index in [4.69, 9.17) is 0 Å². The van der Waals surface area contributed by atoms with E-state index in [1.54, 1.807) is 20.8 Å². The molecule has 0 aliphatic heterocycles. The highest BCUT2D eigenvalue weighted by molar-refractivity contribution is 5.57. The summed E-state index contributed by atoms with van der Waals surface area (Å²) in [5, 5.41) is 0. The fourth-order valence-electron chi connectivity index (χ4n) is 0.158. The number of rotatable bonds is 1. The molecule has 0 aliphatic rings. The molecule has 0 heterocycles. The summed E-state index contributed by atoms with van der Waals surface area (Å²) in [5.74, 6) is 0. The van der Waals surface area contributed by atoms with Crippen molar-refractivity contribution in [1.29, 1.82) is 0 Å². The maximum atomic E-state index is 11.2. The van der Waals surface area contributed by atoms with Crippen LogP contribution in [-0.4, -0.2) is 11.8 Å². The zero-order valence-corrected chi connectivity index (χ0v) is 5.60. The topological polar surface area (TPSA) is 35.5 Å². The molecule has 0 rings (SSSR count). The Balaban J connectivity index is 3.39. The summed E-state index contributed by atoms with van der Waals surface area (Å²) in [6.07, 6.45) is -1.93. The maximum Gasteiger partial charge on any atom is 0.527 e. The first-order chi connectivity index (χ1) is 3.92. The van der Waals surface area contributed by atoms with Crippen molar-refractivity contribution in [3.05, 3.63) is 0 Å². The van der Waals surface area contributed by atoms with Gasteiger partial charge in [0.25, 0.3) is 0 Å². The van der Waals surface area contributed by atoms with Crippen molar-refractivity contribution in [1.82, 2.24) is 0 Å². The minimum absolute atomic E-state index is 0.651. The number of hydrogen-bond donors (Lipinski definition) is 0. The molecule has 0 aromatic rings. The van der Waals surface area contributed by atoms with Gasteiger partial charge in [-0.3, -0.25) is 4.89 Å². The van der Waals surface area contributed by atoms with E-state index in [2.05, 4.69) is 9.78 Å². The lowest BCUT2D eigenvalue weighted by Crippen LogP contribution is -2.20. The zero-order valence-electron chi connectivity index (χ0n) is 5.60. The first-order valence-corrected chi connectivity index (χ1v) is 2.47. The lowest BCUT2D eigenvalue weighted by atomic mass is 10.2. The average molecular weight is 136 g/mol. The number of carbonyl (C=O) groups is 1. The fraction of sp³-hybridized carbons (Fsp3) is 0.800. The molecule has 0 radical (unpaired) electrons. The lowest BCUT2D eigenvalue weighted by Gasteiger charge is -2.14. The minimum atomic E-state index is -1.93. The molecule has 9 heavy (non-hydrogen) atoms. The minimum Gasteiger partial charge on any atom is -0.265 e. The predicted molar refractivity (Wildman–Crippen MR) is 28.4 cm³/mol. The normalized spacial score (nSPS) is 11.1. The van der Waals surface area contributed by atoms with E-state index < -0.39 is 11.8 Å². The molecule has 0 atom stereocenters. The van der Waals surface area contributed by atoms with Gasteiger partial charge in [0, 0.05) is 0 Å². The van der Waals surface area contributed by atoms with Crippen molar-refractivity contribution in [3.63, 3.8) is 0 Å². The molecule has 0 aromatic heterocycles. The highest BCUT2D eigenvalue weighted by Gasteiger charge is 2.14. The predicted octanol–water partition coefficient (Wildman–Crippen LogP) is 1.82. The Labute approximate surface area is 52.7 Å². The molecule has 0 unspecified atom stereocenters. The molecule has 0 bridgehead atoms. The Bertz CT molecular complexity index is 105. The largest absolute Gasteiger partial charge is 0.527 e. The van der Waals surface area contributed by atoms with Crippen molar-refractivity contribution in [2.24, 2.45) is 0 Å². The summed E-state index contributed by atoms with van der Waals surface area (Å²) in [4.78, 5) is 17.3. The van der Waals surface area contributed by atoms with E-state index in [0.717, 1.165) is 0 Å². The van der Waals surface area contributed by atoms with Crippen molar-refractivity contribution in [3.8, 4) is 0 Å². The van der Waals surface area contributed by atoms with Crippen molar-refractivity contribution in [2.45, 2.75) is 26.4 Å². The highest BCUT2D eigenvalue weighted by atomic mass is 19.1. The first kappa shape index (κ1) is 8.36. The molecule has 0 N–H and O–H groups in total. The van der Waals surface area contributed by atoms with Crippen LogP contribution >= 0.6 is 0 Å². The Morgan fingerprint density at radius 1 is 1.44 bits per heavy atom. The van der Waals surface area contributed by atoms with Gasteiger partial charge in [-0.05, 0) is 20.8 Å². The summed E-state index contributed by atoms with van der Waals surface area (Å²) < 4.78 is 11.2. The lowest BCUT2D eigenvalue weighted by molar-refractivity contribution is -0.305. The molecule has 0 fully saturated rings. The van der Waals surface area contributed by atoms with Crippen LogP contribution in [0.4, 0.5) is 9.18 Å². The number of halogens is 1. The molecule has 0 amide bonds. The summed E-state index contributed by atoms with van der Waals surface area (Å²) in [6, 6.07) is 0. The molecular weight excluding hydrogens is 127 g/mol. The standard InChI is InChI=1S/C5H9FO3/c1-5(2,3)9-8-4(6)7/h1-3H3. The van der Waals surface area contributed by atoms with Gasteiger partial charge in [-0.2, -0.15) is 4.89 Å². The molecule has 0 spiro atoms. The molecule has 54 valence electrons. The first-order valence-electron chi connectivity index (χ1n) is 2.47. The van der Waals surface area contributed by atoms with Crippen LogP contribution in [0, 0.1) is 0 Å². The van der Waals surface area contributed by atoms with Gasteiger partial charge >= 0.3 is 6.22 Å². The van der Waals surface area contributed by atoms with Gasteiger partial charge in [-0.15, -0.1) is 4.39 Å². The zero-order chi connectivity index (χ0) is 7.49. The van der Waals surface area contributed by atoms with Crippen molar-refractivity contribution >= 4 is 6.22 Å². The van der Waals surface area contributed by atoms with Gasteiger partial charge in [0.1, 0.15) is 5.60 Å². The van der Waals surface area contributed by atoms with E-state index in [9.17, 15) is 9.18 Å². The van der Waals surface area contributed by atoms with E-state index in [1.807, 2.05) is 0 Å². The van der Waals surface area contributed by atoms with E-state index in [1.165, 1.54) is 0 Å². The third-order valence-corrected chi connectivity index (χ3v) is 0.357. The van der Waals surface area contributed by atoms with Gasteiger partial charge in [0.15, 0.2) is 0 Å². The van der Waals surface area contributed by atoms with Crippen LogP contribution in [0.2, 0.25) is 0 Å². The fourth-order valence-corrected chi connectivity index (χ4v) is 0.158. The van der Waals surface area contributed by atoms with Crippen LogP contribution in [0.1, 0.15) is 20.8 Å². The average Bonchev–Trinajstić information content (AvgIpc) is 1.59. The molecule has 0 saturated carbocycles. The van der Waals surface area contributed by atoms with Crippen molar-refractivity contribution < 1.29 is 19.0 Å². The monoisotopic (exact) mass is 136 g/mol. The van der Waals surface area contributed by atoms with Crippen LogP contribution in [0.3, 0.4) is 0 Å². The van der Waals surface area contributed by atoms with Crippen LogP contribution in [0.25, 0.3) is 0 Å².